The number of aromatic nitrogens is 4. The summed E-state index contributed by atoms with van der Waals surface area (Å²) in [5.74, 6) is 0. The highest BCUT2D eigenvalue weighted by atomic mass is 14.8. The topological polar surface area (TPSA) is 99.2 Å². The number of nitriles is 1. The Morgan fingerprint density at radius 2 is 0.780 bits per heavy atom. The molecule has 50 heavy (non-hydrogen) atoms. The zero-order valence-electron chi connectivity index (χ0n) is 26.7. The van der Waals surface area contributed by atoms with Crippen LogP contribution in [0.4, 0.5) is 0 Å². The van der Waals surface area contributed by atoms with Crippen molar-refractivity contribution in [2.24, 2.45) is 0 Å². The molecule has 0 atom stereocenters. The Labute approximate surface area is 287 Å². The fraction of sp³-hybridized carbons (Fsp3) is 0. The zero-order valence-corrected chi connectivity index (χ0v) is 26.7. The molecule has 0 aliphatic rings. The lowest BCUT2D eigenvalue weighted by atomic mass is 10.0. The number of hydrogen-bond acceptors (Lipinski definition) is 6. The number of nitrogens with zero attached hydrogens (tertiary/aromatic N) is 5. The molecule has 9 aromatic rings. The van der Waals surface area contributed by atoms with E-state index in [4.69, 9.17) is 25.3 Å². The molecule has 0 unspecified atom stereocenters. The van der Waals surface area contributed by atoms with Crippen LogP contribution < -0.4 is 0 Å². The molecule has 0 radical (unpaired) electrons. The molecule has 0 aliphatic carbocycles. The summed E-state index contributed by atoms with van der Waals surface area (Å²) in [6, 6.07) is 50.7. The first kappa shape index (κ1) is 29.1. The molecule has 0 spiro atoms. The van der Waals surface area contributed by atoms with Crippen molar-refractivity contribution < 1.29 is 0 Å². The molecule has 5 aromatic carbocycles. The van der Waals surface area contributed by atoms with E-state index in [0.717, 1.165) is 94.2 Å². The van der Waals surface area contributed by atoms with E-state index in [1.807, 2.05) is 66.7 Å². The predicted octanol–water partition coefficient (Wildman–Crippen LogP) is 10.4. The van der Waals surface area contributed by atoms with Crippen molar-refractivity contribution in [1.29, 1.82) is 10.7 Å². The van der Waals surface area contributed by atoms with Gasteiger partial charge >= 0.3 is 0 Å². The third-order valence-electron chi connectivity index (χ3n) is 9.18. The number of fused-ring (bicyclic) bond motifs is 6. The first-order valence-electron chi connectivity index (χ1n) is 16.3. The lowest BCUT2D eigenvalue weighted by molar-refractivity contribution is 1.35. The molecule has 9 rings (SSSR count). The number of nitrogens with one attached hydrogen (secondary N) is 1. The predicted molar refractivity (Wildman–Crippen MR) is 202 cm³/mol. The largest absolute Gasteiger partial charge is 0.308 e. The van der Waals surface area contributed by atoms with E-state index in [0.29, 0.717) is 5.56 Å². The summed E-state index contributed by atoms with van der Waals surface area (Å²) in [6.45, 7) is 0. The fourth-order valence-corrected chi connectivity index (χ4v) is 6.48. The quantitative estimate of drug-likeness (QED) is 0.149. The minimum absolute atomic E-state index is 0.619. The highest BCUT2D eigenvalue weighted by molar-refractivity contribution is 6.05. The first-order valence-corrected chi connectivity index (χ1v) is 16.3. The number of benzene rings is 5. The molecule has 0 aliphatic heterocycles. The average molecular weight is 639 g/mol. The fourth-order valence-electron chi connectivity index (χ4n) is 6.48. The van der Waals surface area contributed by atoms with E-state index >= 15 is 0 Å². The lowest BCUT2D eigenvalue weighted by Gasteiger charge is -2.10. The monoisotopic (exact) mass is 638 g/mol. The van der Waals surface area contributed by atoms with Crippen LogP contribution in [0.1, 0.15) is 11.1 Å². The molecule has 1 N–H and O–H groups in total. The SMILES string of the molecule is N#Cc1ccc(-c2ccc3ccc4ccc(-c5cccc(-c6ccc7ccc8ccc(-c9ccc(C=N)cc9)nc8c7n6)c5)nc4c3n2)cc1. The molecule has 0 fully saturated rings. The summed E-state index contributed by atoms with van der Waals surface area (Å²) in [5.41, 5.74) is 12.2. The van der Waals surface area contributed by atoms with E-state index in [1.165, 1.54) is 6.21 Å². The smallest absolute Gasteiger partial charge is 0.0991 e. The standard InChI is InChI=1S/C44H26N6/c45-25-27-4-8-29(9-5-27)37-20-16-31-12-14-33-18-22-39(49-43(33)41(31)47-37)35-2-1-3-36(24-35)40-23-19-34-15-13-32-17-21-38(48-42(32)44(34)50-40)30-10-6-28(26-46)7-11-30/h1-25,45H. The van der Waals surface area contributed by atoms with Crippen molar-refractivity contribution in [1.82, 2.24) is 19.9 Å². The molecule has 232 valence electrons. The van der Waals surface area contributed by atoms with Gasteiger partial charge in [0.1, 0.15) is 0 Å². The highest BCUT2D eigenvalue weighted by Crippen LogP contribution is 2.32. The second-order valence-corrected chi connectivity index (χ2v) is 12.2. The van der Waals surface area contributed by atoms with Gasteiger partial charge in [-0.25, -0.2) is 19.9 Å². The van der Waals surface area contributed by atoms with Gasteiger partial charge in [-0.2, -0.15) is 5.26 Å². The third-order valence-corrected chi connectivity index (χ3v) is 9.18. The van der Waals surface area contributed by atoms with Crippen LogP contribution in [0.25, 0.3) is 88.6 Å². The van der Waals surface area contributed by atoms with Gasteiger partial charge in [0.05, 0.1) is 56.5 Å². The molecule has 4 aromatic heterocycles. The highest BCUT2D eigenvalue weighted by Gasteiger charge is 2.12. The first-order chi connectivity index (χ1) is 24.6. The molecule has 0 bridgehead atoms. The van der Waals surface area contributed by atoms with Gasteiger partial charge in [0.2, 0.25) is 0 Å². The summed E-state index contributed by atoms with van der Waals surface area (Å²) >= 11 is 0. The van der Waals surface area contributed by atoms with E-state index < -0.39 is 0 Å². The second-order valence-electron chi connectivity index (χ2n) is 12.2. The van der Waals surface area contributed by atoms with Crippen molar-refractivity contribution in [2.75, 3.05) is 0 Å². The van der Waals surface area contributed by atoms with E-state index in [2.05, 4.69) is 84.9 Å². The van der Waals surface area contributed by atoms with Gasteiger partial charge in [0.15, 0.2) is 0 Å². The molecule has 6 heteroatoms. The molecule has 6 nitrogen and oxygen atoms in total. The Balaban J connectivity index is 1.12. The van der Waals surface area contributed by atoms with Gasteiger partial charge in [-0.1, -0.05) is 103 Å². The maximum atomic E-state index is 9.21. The van der Waals surface area contributed by atoms with Crippen molar-refractivity contribution in [2.45, 2.75) is 0 Å². The van der Waals surface area contributed by atoms with Crippen LogP contribution >= 0.6 is 0 Å². The summed E-state index contributed by atoms with van der Waals surface area (Å²) in [5, 5.41) is 20.8. The van der Waals surface area contributed by atoms with E-state index in [9.17, 15) is 5.26 Å². The third kappa shape index (κ3) is 5.11. The van der Waals surface area contributed by atoms with Gasteiger partial charge in [-0.15, -0.1) is 0 Å². The summed E-state index contributed by atoms with van der Waals surface area (Å²) in [4.78, 5) is 20.4. The second kappa shape index (κ2) is 11.9. The Bertz CT molecular complexity index is 2830. The average Bonchev–Trinajstić information content (AvgIpc) is 3.20. The Morgan fingerprint density at radius 3 is 1.16 bits per heavy atom. The molecular formula is C44H26N6. The summed E-state index contributed by atoms with van der Waals surface area (Å²) in [6.07, 6.45) is 1.34. The van der Waals surface area contributed by atoms with Crippen LogP contribution in [0.3, 0.4) is 0 Å². The van der Waals surface area contributed by atoms with Gasteiger partial charge in [0, 0.05) is 50.0 Å². The van der Waals surface area contributed by atoms with Crippen LogP contribution in [-0.4, -0.2) is 26.2 Å². The maximum Gasteiger partial charge on any atom is 0.0991 e. The van der Waals surface area contributed by atoms with Crippen molar-refractivity contribution in [3.8, 4) is 51.1 Å². The molecule has 0 amide bonds. The van der Waals surface area contributed by atoms with Crippen molar-refractivity contribution in [3.05, 3.63) is 157 Å². The number of hydrogen-bond donors (Lipinski definition) is 1. The minimum Gasteiger partial charge on any atom is -0.308 e. The Hall–Kier alpha value is -7.10. The Kier molecular flexibility index (Phi) is 6.89. The maximum absolute atomic E-state index is 9.21. The molecule has 0 saturated carbocycles. The van der Waals surface area contributed by atoms with Crippen LogP contribution in [-0.2, 0) is 0 Å². The van der Waals surface area contributed by atoms with Gasteiger partial charge in [-0.3, -0.25) is 0 Å². The number of pyridine rings is 4. The van der Waals surface area contributed by atoms with Crippen LogP contribution in [0.5, 0.6) is 0 Å². The van der Waals surface area contributed by atoms with Crippen molar-refractivity contribution >= 4 is 49.8 Å². The summed E-state index contributed by atoms with van der Waals surface area (Å²) < 4.78 is 0. The summed E-state index contributed by atoms with van der Waals surface area (Å²) in [7, 11) is 0. The zero-order chi connectivity index (χ0) is 33.6. The van der Waals surface area contributed by atoms with Crippen LogP contribution in [0.15, 0.2) is 146 Å². The van der Waals surface area contributed by atoms with Gasteiger partial charge in [0.25, 0.3) is 0 Å². The molecular weight excluding hydrogens is 613 g/mol. The van der Waals surface area contributed by atoms with E-state index in [-0.39, 0.29) is 0 Å². The van der Waals surface area contributed by atoms with E-state index in [1.54, 1.807) is 0 Å². The lowest BCUT2D eigenvalue weighted by Crippen LogP contribution is -1.92. The Morgan fingerprint density at radius 1 is 0.420 bits per heavy atom. The van der Waals surface area contributed by atoms with Crippen molar-refractivity contribution in [3.63, 3.8) is 0 Å². The van der Waals surface area contributed by atoms with Crippen LogP contribution in [0.2, 0.25) is 0 Å². The van der Waals surface area contributed by atoms with Gasteiger partial charge in [-0.05, 0) is 48.0 Å². The minimum atomic E-state index is 0.619. The van der Waals surface area contributed by atoms with Crippen LogP contribution in [0, 0.1) is 16.7 Å². The molecule has 0 saturated heterocycles. The normalized spacial score (nSPS) is 11.3. The number of rotatable bonds is 5. The van der Waals surface area contributed by atoms with Gasteiger partial charge < -0.3 is 5.41 Å². The molecule has 4 heterocycles.